The van der Waals surface area contributed by atoms with Crippen molar-refractivity contribution in [3.05, 3.63) is 52.4 Å². The molecule has 0 unspecified atom stereocenters. The highest BCUT2D eigenvalue weighted by Gasteiger charge is 2.08. The van der Waals surface area contributed by atoms with Crippen molar-refractivity contribution in [2.24, 2.45) is 0 Å². The second-order valence-corrected chi connectivity index (χ2v) is 4.22. The molecule has 94 valence electrons. The lowest BCUT2D eigenvalue weighted by molar-refractivity contribution is 0.281. The first kappa shape index (κ1) is 12.8. The van der Waals surface area contributed by atoms with E-state index in [1.54, 1.807) is 12.1 Å². The molecular weight excluding hydrogens is 257 g/mol. The number of aliphatic hydroxyl groups excluding tert-OH is 1. The Balaban J connectivity index is 2.31. The molecule has 0 saturated heterocycles. The lowest BCUT2D eigenvalue weighted by atomic mass is 10.2. The molecule has 0 radical (unpaired) electrons. The molecule has 1 heterocycles. The van der Waals surface area contributed by atoms with Gasteiger partial charge < -0.3 is 9.84 Å². The summed E-state index contributed by atoms with van der Waals surface area (Å²) >= 11 is 5.80. The summed E-state index contributed by atoms with van der Waals surface area (Å²) in [6.45, 7) is 1.61. The van der Waals surface area contributed by atoms with Gasteiger partial charge >= 0.3 is 0 Å². The Morgan fingerprint density at radius 1 is 1.39 bits per heavy atom. The number of hydrogen-bond acceptors (Lipinski definition) is 3. The summed E-state index contributed by atoms with van der Waals surface area (Å²) in [5.74, 6) is -0.190. The Bertz CT molecular complexity index is 575. The third-order valence-corrected chi connectivity index (χ3v) is 2.72. The van der Waals surface area contributed by atoms with Crippen LogP contribution in [-0.2, 0) is 6.61 Å². The van der Waals surface area contributed by atoms with Crippen LogP contribution < -0.4 is 4.74 Å². The highest BCUT2D eigenvalue weighted by Crippen LogP contribution is 2.26. The lowest BCUT2D eigenvalue weighted by Gasteiger charge is -2.08. The van der Waals surface area contributed by atoms with E-state index in [4.69, 9.17) is 21.4 Å². The van der Waals surface area contributed by atoms with Crippen LogP contribution in [0.25, 0.3) is 0 Å². The molecule has 0 atom stereocenters. The average molecular weight is 268 g/mol. The van der Waals surface area contributed by atoms with E-state index in [0.29, 0.717) is 10.6 Å². The molecule has 5 heteroatoms. The van der Waals surface area contributed by atoms with Gasteiger partial charge in [-0.15, -0.1) is 0 Å². The smallest absolute Gasteiger partial charge is 0.219 e. The molecule has 0 aliphatic heterocycles. The highest BCUT2D eigenvalue weighted by molar-refractivity contribution is 6.31. The van der Waals surface area contributed by atoms with Crippen LogP contribution in [-0.4, -0.2) is 10.1 Å². The molecule has 0 amide bonds. The highest BCUT2D eigenvalue weighted by atomic mass is 35.5. The van der Waals surface area contributed by atoms with E-state index < -0.39 is 5.82 Å². The van der Waals surface area contributed by atoms with Crippen LogP contribution in [0.15, 0.2) is 30.5 Å². The third-order valence-electron chi connectivity index (χ3n) is 2.38. The zero-order valence-corrected chi connectivity index (χ0v) is 10.4. The first-order chi connectivity index (χ1) is 8.60. The Morgan fingerprint density at radius 3 is 2.89 bits per heavy atom. The second kappa shape index (κ2) is 5.33. The monoisotopic (exact) mass is 267 g/mol. The molecule has 0 spiro atoms. The van der Waals surface area contributed by atoms with Crippen molar-refractivity contribution in [1.29, 1.82) is 0 Å². The first-order valence-corrected chi connectivity index (χ1v) is 5.67. The van der Waals surface area contributed by atoms with Crippen molar-refractivity contribution in [1.82, 2.24) is 4.98 Å². The number of rotatable bonds is 3. The van der Waals surface area contributed by atoms with Crippen LogP contribution in [0.3, 0.4) is 0 Å². The van der Waals surface area contributed by atoms with Gasteiger partial charge in [-0.2, -0.15) is 0 Å². The maximum atomic E-state index is 13.5. The minimum absolute atomic E-state index is 0.0914. The average Bonchev–Trinajstić information content (AvgIpc) is 2.36. The lowest BCUT2D eigenvalue weighted by Crippen LogP contribution is -1.94. The van der Waals surface area contributed by atoms with Gasteiger partial charge in [0.1, 0.15) is 0 Å². The van der Waals surface area contributed by atoms with Gasteiger partial charge in [0.05, 0.1) is 11.6 Å². The number of halogens is 2. The van der Waals surface area contributed by atoms with Crippen LogP contribution >= 0.6 is 11.6 Å². The summed E-state index contributed by atoms with van der Waals surface area (Å²) in [6.07, 6.45) is 1.36. The molecule has 0 aliphatic carbocycles. The number of aryl methyl sites for hydroxylation is 1. The van der Waals surface area contributed by atoms with Gasteiger partial charge in [-0.3, -0.25) is 0 Å². The van der Waals surface area contributed by atoms with Crippen molar-refractivity contribution in [2.45, 2.75) is 13.5 Å². The van der Waals surface area contributed by atoms with Crippen LogP contribution in [0.2, 0.25) is 5.02 Å². The summed E-state index contributed by atoms with van der Waals surface area (Å²) in [4.78, 5) is 3.92. The number of benzene rings is 1. The number of aromatic nitrogens is 1. The summed E-state index contributed by atoms with van der Waals surface area (Å²) in [5.41, 5.74) is 1.36. The number of ether oxygens (including phenoxy) is 1. The van der Waals surface area contributed by atoms with Gasteiger partial charge in [0, 0.05) is 17.8 Å². The fourth-order valence-corrected chi connectivity index (χ4v) is 1.60. The topological polar surface area (TPSA) is 42.4 Å². The van der Waals surface area contributed by atoms with Crippen LogP contribution in [0.5, 0.6) is 11.6 Å². The van der Waals surface area contributed by atoms with Gasteiger partial charge in [0.15, 0.2) is 11.6 Å². The zero-order chi connectivity index (χ0) is 13.1. The van der Waals surface area contributed by atoms with Crippen molar-refractivity contribution in [3.8, 4) is 11.6 Å². The predicted molar refractivity (Wildman–Crippen MR) is 66.4 cm³/mol. The number of pyridine rings is 1. The summed E-state index contributed by atoms with van der Waals surface area (Å²) in [5, 5.41) is 9.41. The quantitative estimate of drug-likeness (QED) is 0.926. The van der Waals surface area contributed by atoms with Crippen LogP contribution in [0.1, 0.15) is 11.1 Å². The molecule has 1 aromatic heterocycles. The fourth-order valence-electron chi connectivity index (χ4n) is 1.44. The standard InChI is InChI=1S/C13H11ClFNO2/c1-8-2-3-11(15)12(4-8)18-13-5-9(7-17)10(14)6-16-13/h2-6,17H,7H2,1H3. The molecule has 0 bridgehead atoms. The Labute approximate surface area is 109 Å². The SMILES string of the molecule is Cc1ccc(F)c(Oc2cc(CO)c(Cl)cn2)c1. The van der Waals surface area contributed by atoms with Gasteiger partial charge in [0.25, 0.3) is 0 Å². The van der Waals surface area contributed by atoms with E-state index in [0.717, 1.165) is 5.56 Å². The number of hydrogen-bond donors (Lipinski definition) is 1. The number of aliphatic hydroxyl groups is 1. The molecule has 2 aromatic rings. The molecule has 1 aromatic carbocycles. The molecule has 18 heavy (non-hydrogen) atoms. The maximum absolute atomic E-state index is 13.5. The molecule has 1 N–H and O–H groups in total. The van der Waals surface area contributed by atoms with E-state index in [9.17, 15) is 4.39 Å². The van der Waals surface area contributed by atoms with Gasteiger partial charge in [-0.25, -0.2) is 9.37 Å². The Kier molecular flexibility index (Phi) is 3.79. The van der Waals surface area contributed by atoms with Gasteiger partial charge in [-0.1, -0.05) is 17.7 Å². The Hall–Kier alpha value is -1.65. The number of nitrogens with zero attached hydrogens (tertiary/aromatic N) is 1. The van der Waals surface area contributed by atoms with Gasteiger partial charge in [-0.05, 0) is 24.6 Å². The zero-order valence-electron chi connectivity index (χ0n) is 9.65. The van der Waals surface area contributed by atoms with E-state index in [1.165, 1.54) is 18.3 Å². The van der Waals surface area contributed by atoms with Crippen LogP contribution in [0, 0.1) is 12.7 Å². The van der Waals surface area contributed by atoms with E-state index >= 15 is 0 Å². The summed E-state index contributed by atoms with van der Waals surface area (Å²) < 4.78 is 18.8. The predicted octanol–water partition coefficient (Wildman–Crippen LogP) is 3.47. The second-order valence-electron chi connectivity index (χ2n) is 3.81. The Morgan fingerprint density at radius 2 is 2.17 bits per heavy atom. The van der Waals surface area contributed by atoms with Crippen LogP contribution in [0.4, 0.5) is 4.39 Å². The summed E-state index contributed by atoms with van der Waals surface area (Å²) in [7, 11) is 0. The normalized spacial score (nSPS) is 10.4. The molecule has 0 saturated carbocycles. The van der Waals surface area contributed by atoms with Gasteiger partial charge in [0.2, 0.25) is 5.88 Å². The third kappa shape index (κ3) is 2.78. The molecule has 3 nitrogen and oxygen atoms in total. The van der Waals surface area contributed by atoms with Crippen molar-refractivity contribution in [2.75, 3.05) is 0 Å². The molecule has 2 rings (SSSR count). The minimum atomic E-state index is -0.470. The maximum Gasteiger partial charge on any atom is 0.219 e. The van der Waals surface area contributed by atoms with E-state index in [2.05, 4.69) is 4.98 Å². The largest absolute Gasteiger partial charge is 0.436 e. The molecule has 0 fully saturated rings. The fraction of sp³-hybridized carbons (Fsp3) is 0.154. The van der Waals surface area contributed by atoms with Crippen molar-refractivity contribution >= 4 is 11.6 Å². The summed E-state index contributed by atoms with van der Waals surface area (Å²) in [6, 6.07) is 6.03. The van der Waals surface area contributed by atoms with Crippen molar-refractivity contribution in [3.63, 3.8) is 0 Å². The van der Waals surface area contributed by atoms with E-state index in [-0.39, 0.29) is 18.2 Å². The minimum Gasteiger partial charge on any atom is -0.436 e. The molecular formula is C13H11ClFNO2. The van der Waals surface area contributed by atoms with Crippen molar-refractivity contribution < 1.29 is 14.2 Å². The van der Waals surface area contributed by atoms with E-state index in [1.807, 2.05) is 6.92 Å². The molecule has 0 aliphatic rings. The first-order valence-electron chi connectivity index (χ1n) is 5.29.